The summed E-state index contributed by atoms with van der Waals surface area (Å²) in [6.45, 7) is 0.0836. The van der Waals surface area contributed by atoms with E-state index in [9.17, 15) is 18.8 Å². The Balaban J connectivity index is 2.01. The van der Waals surface area contributed by atoms with Gasteiger partial charge in [-0.05, 0) is 34.1 Å². The van der Waals surface area contributed by atoms with Gasteiger partial charge < -0.3 is 0 Å². The first-order valence-corrected chi connectivity index (χ1v) is 6.60. The predicted molar refractivity (Wildman–Crippen MR) is 69.0 cm³/mol. The lowest BCUT2D eigenvalue weighted by Crippen LogP contribution is -2.31. The molecule has 1 aromatic carbocycles. The van der Waals surface area contributed by atoms with Crippen LogP contribution in [0.3, 0.4) is 0 Å². The van der Waals surface area contributed by atoms with Gasteiger partial charge in [0.15, 0.2) is 5.78 Å². The molecule has 0 bridgehead atoms. The zero-order chi connectivity index (χ0) is 14.0. The van der Waals surface area contributed by atoms with Crippen LogP contribution in [0.5, 0.6) is 0 Å². The van der Waals surface area contributed by atoms with Gasteiger partial charge in [0.2, 0.25) is 11.8 Å². The maximum atomic E-state index is 12.9. The third kappa shape index (κ3) is 3.07. The lowest BCUT2D eigenvalue weighted by atomic mass is 10.1. The molecule has 0 aromatic heterocycles. The average molecular weight is 328 g/mol. The predicted octanol–water partition coefficient (Wildman–Crippen LogP) is 2.31. The van der Waals surface area contributed by atoms with E-state index in [2.05, 4.69) is 15.9 Å². The Morgan fingerprint density at radius 3 is 2.47 bits per heavy atom. The van der Waals surface area contributed by atoms with Crippen LogP contribution in [-0.4, -0.2) is 29.0 Å². The standard InChI is InChI=1S/C13H11BrFNO3/c14-10-7-8(15)1-2-9(10)11(17)5-6-16-12(18)3-4-13(16)19/h1-2,7H,3-6H2. The van der Waals surface area contributed by atoms with Crippen molar-refractivity contribution in [3.8, 4) is 0 Å². The topological polar surface area (TPSA) is 54.5 Å². The number of benzene rings is 1. The number of rotatable bonds is 4. The van der Waals surface area contributed by atoms with Crippen LogP contribution < -0.4 is 0 Å². The van der Waals surface area contributed by atoms with Crippen molar-refractivity contribution in [3.05, 3.63) is 34.1 Å². The average Bonchev–Trinajstić information content (AvgIpc) is 2.66. The van der Waals surface area contributed by atoms with Crippen molar-refractivity contribution in [2.45, 2.75) is 19.3 Å². The molecule has 0 saturated carbocycles. The Kier molecular flexibility index (Phi) is 4.09. The molecule has 2 rings (SSSR count). The van der Waals surface area contributed by atoms with Crippen molar-refractivity contribution < 1.29 is 18.8 Å². The van der Waals surface area contributed by atoms with E-state index in [0.717, 1.165) is 4.90 Å². The van der Waals surface area contributed by atoms with Gasteiger partial charge in [0.25, 0.3) is 0 Å². The quantitative estimate of drug-likeness (QED) is 0.630. The minimum absolute atomic E-state index is 0.0434. The molecule has 0 aliphatic carbocycles. The SMILES string of the molecule is O=C(CCN1C(=O)CCC1=O)c1ccc(F)cc1Br. The van der Waals surface area contributed by atoms with Crippen LogP contribution in [0.25, 0.3) is 0 Å². The van der Waals surface area contributed by atoms with Crippen molar-refractivity contribution in [1.82, 2.24) is 4.90 Å². The first kappa shape index (κ1) is 13.9. The number of carbonyl (C=O) groups is 3. The normalized spacial score (nSPS) is 15.2. The second-order valence-electron chi connectivity index (χ2n) is 4.24. The third-order valence-corrected chi connectivity index (χ3v) is 3.60. The third-order valence-electron chi connectivity index (χ3n) is 2.95. The molecule has 0 atom stereocenters. The molecule has 2 amide bonds. The van der Waals surface area contributed by atoms with Crippen LogP contribution in [0.2, 0.25) is 0 Å². The van der Waals surface area contributed by atoms with Gasteiger partial charge >= 0.3 is 0 Å². The highest BCUT2D eigenvalue weighted by atomic mass is 79.9. The zero-order valence-electron chi connectivity index (χ0n) is 9.99. The molecule has 0 spiro atoms. The number of nitrogens with zero attached hydrogens (tertiary/aromatic N) is 1. The van der Waals surface area contributed by atoms with Crippen molar-refractivity contribution in [3.63, 3.8) is 0 Å². The van der Waals surface area contributed by atoms with Crippen molar-refractivity contribution in [1.29, 1.82) is 0 Å². The molecule has 1 fully saturated rings. The molecule has 19 heavy (non-hydrogen) atoms. The van der Waals surface area contributed by atoms with Crippen LogP contribution >= 0.6 is 15.9 Å². The molecule has 1 aliphatic rings. The fraction of sp³-hybridized carbons (Fsp3) is 0.308. The summed E-state index contributed by atoms with van der Waals surface area (Å²) in [5.41, 5.74) is 0.348. The number of carbonyl (C=O) groups excluding carboxylic acids is 3. The fourth-order valence-corrected chi connectivity index (χ4v) is 2.51. The molecule has 1 aliphatic heterocycles. The van der Waals surface area contributed by atoms with Crippen LogP contribution in [0.4, 0.5) is 4.39 Å². The molecule has 0 unspecified atom stereocenters. The van der Waals surface area contributed by atoms with Gasteiger partial charge in [0.05, 0.1) is 0 Å². The van der Waals surface area contributed by atoms with E-state index in [1.54, 1.807) is 0 Å². The molecule has 4 nitrogen and oxygen atoms in total. The maximum Gasteiger partial charge on any atom is 0.229 e. The Morgan fingerprint density at radius 1 is 1.26 bits per heavy atom. The van der Waals surface area contributed by atoms with Gasteiger partial charge in [-0.1, -0.05) is 0 Å². The molecule has 1 aromatic rings. The molecule has 6 heteroatoms. The molecule has 1 heterocycles. The van der Waals surface area contributed by atoms with E-state index in [4.69, 9.17) is 0 Å². The van der Waals surface area contributed by atoms with Gasteiger partial charge in [0.1, 0.15) is 5.82 Å². The van der Waals surface area contributed by atoms with Crippen LogP contribution in [0, 0.1) is 5.82 Å². The Morgan fingerprint density at radius 2 is 1.89 bits per heavy atom. The number of hydrogen-bond donors (Lipinski definition) is 0. The highest BCUT2D eigenvalue weighted by Crippen LogP contribution is 2.20. The smallest absolute Gasteiger partial charge is 0.229 e. The Labute approximate surface area is 117 Å². The Hall–Kier alpha value is -1.56. The molecular weight excluding hydrogens is 317 g/mol. The summed E-state index contributed by atoms with van der Waals surface area (Å²) in [6, 6.07) is 3.79. The number of ketones is 1. The molecular formula is C13H11BrFNO3. The number of halogens is 2. The van der Waals surface area contributed by atoms with Crippen molar-refractivity contribution >= 4 is 33.5 Å². The number of hydrogen-bond acceptors (Lipinski definition) is 3. The summed E-state index contributed by atoms with van der Waals surface area (Å²) in [4.78, 5) is 35.8. The minimum atomic E-state index is -0.437. The number of Topliss-reactive ketones (excluding diaryl/α,β-unsaturated/α-hetero) is 1. The largest absolute Gasteiger partial charge is 0.294 e. The maximum absolute atomic E-state index is 12.9. The first-order chi connectivity index (χ1) is 8.99. The first-order valence-electron chi connectivity index (χ1n) is 5.80. The Bertz CT molecular complexity index is 543. The van der Waals surface area contributed by atoms with Gasteiger partial charge in [-0.3, -0.25) is 19.3 Å². The van der Waals surface area contributed by atoms with Crippen molar-refractivity contribution in [2.24, 2.45) is 0 Å². The second kappa shape index (κ2) is 5.61. The summed E-state index contributed by atoms with van der Waals surface area (Å²) in [7, 11) is 0. The summed E-state index contributed by atoms with van der Waals surface area (Å²) in [6.07, 6.45) is 0.474. The fourth-order valence-electron chi connectivity index (χ4n) is 1.94. The molecule has 0 radical (unpaired) electrons. The highest BCUT2D eigenvalue weighted by molar-refractivity contribution is 9.10. The second-order valence-corrected chi connectivity index (χ2v) is 5.09. The summed E-state index contributed by atoms with van der Waals surface area (Å²) in [5.74, 6) is -1.15. The molecule has 100 valence electrons. The minimum Gasteiger partial charge on any atom is -0.294 e. The van der Waals surface area contributed by atoms with E-state index in [1.807, 2.05) is 0 Å². The van der Waals surface area contributed by atoms with Gasteiger partial charge in [-0.2, -0.15) is 0 Å². The molecule has 0 N–H and O–H groups in total. The lowest BCUT2D eigenvalue weighted by Gasteiger charge is -2.13. The number of likely N-dealkylation sites (tertiary alicyclic amines) is 1. The summed E-state index contributed by atoms with van der Waals surface area (Å²) >= 11 is 3.12. The van der Waals surface area contributed by atoms with E-state index in [-0.39, 0.29) is 43.4 Å². The van der Waals surface area contributed by atoms with Crippen LogP contribution in [-0.2, 0) is 9.59 Å². The van der Waals surface area contributed by atoms with E-state index < -0.39 is 5.82 Å². The van der Waals surface area contributed by atoms with Crippen LogP contribution in [0.15, 0.2) is 22.7 Å². The van der Waals surface area contributed by atoms with E-state index in [0.29, 0.717) is 10.0 Å². The van der Waals surface area contributed by atoms with Gasteiger partial charge in [0, 0.05) is 35.8 Å². The zero-order valence-corrected chi connectivity index (χ0v) is 11.6. The van der Waals surface area contributed by atoms with Crippen molar-refractivity contribution in [2.75, 3.05) is 6.54 Å². The van der Waals surface area contributed by atoms with Gasteiger partial charge in [-0.15, -0.1) is 0 Å². The van der Waals surface area contributed by atoms with E-state index in [1.165, 1.54) is 18.2 Å². The van der Waals surface area contributed by atoms with Gasteiger partial charge in [-0.25, -0.2) is 4.39 Å². The molecule has 1 saturated heterocycles. The summed E-state index contributed by atoms with van der Waals surface area (Å²) < 4.78 is 13.3. The van der Waals surface area contributed by atoms with E-state index >= 15 is 0 Å². The monoisotopic (exact) mass is 327 g/mol. The van der Waals surface area contributed by atoms with Crippen LogP contribution in [0.1, 0.15) is 29.6 Å². The summed E-state index contributed by atoms with van der Waals surface area (Å²) in [5, 5.41) is 0. The lowest BCUT2D eigenvalue weighted by molar-refractivity contribution is -0.138. The number of imide groups is 1. The highest BCUT2D eigenvalue weighted by Gasteiger charge is 2.29. The number of amides is 2.